The summed E-state index contributed by atoms with van der Waals surface area (Å²) in [5.74, 6) is 0.678. The summed E-state index contributed by atoms with van der Waals surface area (Å²) in [4.78, 5) is 6.90. The molecule has 6 nitrogen and oxygen atoms in total. The maximum Gasteiger partial charge on any atom is 0.194 e. The third kappa shape index (κ3) is 5.90. The fourth-order valence-electron chi connectivity index (χ4n) is 3.06. The number of ether oxygens (including phenoxy) is 1. The molecule has 8 heteroatoms. The number of rotatable bonds is 5. The minimum absolute atomic E-state index is 0. The van der Waals surface area contributed by atoms with Crippen LogP contribution in [0.5, 0.6) is 0 Å². The summed E-state index contributed by atoms with van der Waals surface area (Å²) in [6, 6.07) is 6.86. The molecule has 1 aromatic heterocycles. The number of aromatic nitrogens is 2. The van der Waals surface area contributed by atoms with Gasteiger partial charge in [0.15, 0.2) is 5.96 Å². The van der Waals surface area contributed by atoms with E-state index in [2.05, 4.69) is 15.3 Å². The Morgan fingerprint density at radius 1 is 1.41 bits per heavy atom. The lowest BCUT2D eigenvalue weighted by Crippen LogP contribution is -2.48. The van der Waals surface area contributed by atoms with Crippen molar-refractivity contribution in [2.24, 2.45) is 12.0 Å². The van der Waals surface area contributed by atoms with E-state index in [9.17, 15) is 4.39 Å². The van der Waals surface area contributed by atoms with Crippen LogP contribution in [0.3, 0.4) is 0 Å². The Balaban J connectivity index is 0.00000261. The van der Waals surface area contributed by atoms with Crippen molar-refractivity contribution in [3.8, 4) is 0 Å². The lowest BCUT2D eigenvalue weighted by Gasteiger charge is -2.34. The van der Waals surface area contributed by atoms with Crippen molar-refractivity contribution in [2.45, 2.75) is 19.4 Å². The smallest absolute Gasteiger partial charge is 0.194 e. The molecule has 1 N–H and O–H groups in total. The Kier molecular flexibility index (Phi) is 8.49. The summed E-state index contributed by atoms with van der Waals surface area (Å²) in [6.45, 7) is 5.51. The molecule has 1 atom stereocenters. The second-order valence-electron chi connectivity index (χ2n) is 6.33. The van der Waals surface area contributed by atoms with Gasteiger partial charge in [-0.15, -0.1) is 24.0 Å². The minimum atomic E-state index is -0.171. The molecule has 1 aliphatic heterocycles. The summed E-state index contributed by atoms with van der Waals surface area (Å²) in [5, 5.41) is 7.56. The van der Waals surface area contributed by atoms with E-state index in [0.717, 1.165) is 31.2 Å². The highest BCUT2D eigenvalue weighted by atomic mass is 127. The number of halogens is 2. The first kappa shape index (κ1) is 21.6. The van der Waals surface area contributed by atoms with E-state index in [0.29, 0.717) is 25.1 Å². The largest absolute Gasteiger partial charge is 0.370 e. The van der Waals surface area contributed by atoms with Crippen LogP contribution in [0.25, 0.3) is 0 Å². The van der Waals surface area contributed by atoms with Crippen LogP contribution in [-0.4, -0.2) is 53.4 Å². The van der Waals surface area contributed by atoms with E-state index in [1.54, 1.807) is 10.7 Å². The molecule has 0 bridgehead atoms. The molecule has 3 rings (SSSR count). The van der Waals surface area contributed by atoms with Crippen LogP contribution in [0.15, 0.2) is 41.7 Å². The number of hydrogen-bond donors (Lipinski definition) is 1. The van der Waals surface area contributed by atoms with E-state index in [4.69, 9.17) is 9.73 Å². The van der Waals surface area contributed by atoms with E-state index in [1.165, 1.54) is 6.07 Å². The zero-order valence-corrected chi connectivity index (χ0v) is 18.1. The lowest BCUT2D eigenvalue weighted by molar-refractivity contribution is -0.00803. The molecule has 0 amide bonds. The van der Waals surface area contributed by atoms with Crippen LogP contribution in [0.2, 0.25) is 0 Å². The molecule has 1 aliphatic rings. The Hall–Kier alpha value is -1.68. The van der Waals surface area contributed by atoms with Gasteiger partial charge in [0, 0.05) is 38.4 Å². The SMILES string of the molecule is CCNC(=NCCc1ccccc1F)N1CCOC(c2cnn(C)c2)C1.I. The zero-order chi connectivity index (χ0) is 18.4. The topological polar surface area (TPSA) is 54.7 Å². The van der Waals surface area contributed by atoms with Gasteiger partial charge in [0.2, 0.25) is 0 Å². The molecule has 1 aromatic carbocycles. The molecule has 2 heterocycles. The highest BCUT2D eigenvalue weighted by Gasteiger charge is 2.25. The van der Waals surface area contributed by atoms with Crippen molar-refractivity contribution in [1.29, 1.82) is 0 Å². The minimum Gasteiger partial charge on any atom is -0.370 e. The first-order valence-electron chi connectivity index (χ1n) is 9.04. The van der Waals surface area contributed by atoms with Gasteiger partial charge < -0.3 is 15.0 Å². The number of nitrogens with zero attached hydrogens (tertiary/aromatic N) is 4. The molecule has 2 aromatic rings. The van der Waals surface area contributed by atoms with Gasteiger partial charge in [-0.2, -0.15) is 5.10 Å². The van der Waals surface area contributed by atoms with Crippen molar-refractivity contribution in [2.75, 3.05) is 32.8 Å². The number of aliphatic imine (C=N–C) groups is 1. The number of hydrogen-bond acceptors (Lipinski definition) is 3. The predicted molar refractivity (Wildman–Crippen MR) is 115 cm³/mol. The highest BCUT2D eigenvalue weighted by Crippen LogP contribution is 2.21. The number of nitrogens with one attached hydrogen (secondary N) is 1. The maximum absolute atomic E-state index is 13.8. The summed E-state index contributed by atoms with van der Waals surface area (Å²) < 4.78 is 21.4. The second kappa shape index (κ2) is 10.6. The molecule has 0 radical (unpaired) electrons. The van der Waals surface area contributed by atoms with Crippen molar-refractivity contribution < 1.29 is 9.13 Å². The van der Waals surface area contributed by atoms with Gasteiger partial charge in [0.25, 0.3) is 0 Å². The standard InChI is InChI=1S/C19H26FN5O.HI/c1-3-21-19(22-9-8-15-6-4-5-7-17(15)20)25-10-11-26-18(14-25)16-12-23-24(2)13-16;/h4-7,12-13,18H,3,8-11,14H2,1-2H3,(H,21,22);1H. The zero-order valence-electron chi connectivity index (χ0n) is 15.8. The molecule has 0 saturated carbocycles. The number of guanidine groups is 1. The Labute approximate surface area is 176 Å². The van der Waals surface area contributed by atoms with Crippen molar-refractivity contribution >= 4 is 29.9 Å². The summed E-state index contributed by atoms with van der Waals surface area (Å²) in [6.07, 6.45) is 4.39. The summed E-state index contributed by atoms with van der Waals surface area (Å²) in [7, 11) is 1.90. The summed E-state index contributed by atoms with van der Waals surface area (Å²) >= 11 is 0. The van der Waals surface area contributed by atoms with Crippen molar-refractivity contribution in [1.82, 2.24) is 20.0 Å². The Bertz CT molecular complexity index is 751. The van der Waals surface area contributed by atoms with Gasteiger partial charge in [-0.25, -0.2) is 4.39 Å². The molecule has 1 fully saturated rings. The molecular formula is C19H27FIN5O. The Morgan fingerprint density at radius 3 is 2.93 bits per heavy atom. The van der Waals surface area contributed by atoms with E-state index < -0.39 is 0 Å². The molecule has 1 unspecified atom stereocenters. The second-order valence-corrected chi connectivity index (χ2v) is 6.33. The molecule has 0 spiro atoms. The van der Waals surface area contributed by atoms with Gasteiger partial charge in [-0.1, -0.05) is 18.2 Å². The van der Waals surface area contributed by atoms with Crippen LogP contribution < -0.4 is 5.32 Å². The highest BCUT2D eigenvalue weighted by molar-refractivity contribution is 14.0. The van der Waals surface area contributed by atoms with Gasteiger partial charge >= 0.3 is 0 Å². The van der Waals surface area contributed by atoms with E-state index in [1.807, 2.05) is 38.5 Å². The van der Waals surface area contributed by atoms with Crippen molar-refractivity contribution in [3.05, 3.63) is 53.6 Å². The predicted octanol–water partition coefficient (Wildman–Crippen LogP) is 2.76. The number of aryl methyl sites for hydroxylation is 1. The van der Waals surface area contributed by atoms with Crippen LogP contribution in [0.1, 0.15) is 24.2 Å². The van der Waals surface area contributed by atoms with Gasteiger partial charge in [0.05, 0.1) is 19.3 Å². The lowest BCUT2D eigenvalue weighted by atomic mass is 10.1. The average molecular weight is 487 g/mol. The van der Waals surface area contributed by atoms with Gasteiger partial charge in [0.1, 0.15) is 11.9 Å². The van der Waals surface area contributed by atoms with Crippen LogP contribution in [0, 0.1) is 5.82 Å². The monoisotopic (exact) mass is 487 g/mol. The molecule has 27 heavy (non-hydrogen) atoms. The summed E-state index contributed by atoms with van der Waals surface area (Å²) in [5.41, 5.74) is 1.77. The Morgan fingerprint density at radius 2 is 2.22 bits per heavy atom. The van der Waals surface area contributed by atoms with Gasteiger partial charge in [-0.05, 0) is 25.0 Å². The fourth-order valence-corrected chi connectivity index (χ4v) is 3.06. The first-order valence-corrected chi connectivity index (χ1v) is 9.04. The quantitative estimate of drug-likeness (QED) is 0.401. The number of benzene rings is 1. The van der Waals surface area contributed by atoms with E-state index in [-0.39, 0.29) is 35.9 Å². The first-order chi connectivity index (χ1) is 12.7. The van der Waals surface area contributed by atoms with Crippen LogP contribution in [-0.2, 0) is 18.2 Å². The third-order valence-electron chi connectivity index (χ3n) is 4.40. The molecule has 0 aliphatic carbocycles. The maximum atomic E-state index is 13.8. The molecular weight excluding hydrogens is 460 g/mol. The number of morpholine rings is 1. The average Bonchev–Trinajstić information content (AvgIpc) is 3.09. The van der Waals surface area contributed by atoms with Crippen LogP contribution in [0.4, 0.5) is 4.39 Å². The molecule has 1 saturated heterocycles. The van der Waals surface area contributed by atoms with E-state index >= 15 is 0 Å². The normalized spacial score (nSPS) is 17.5. The van der Waals surface area contributed by atoms with Gasteiger partial charge in [-0.3, -0.25) is 9.67 Å². The van der Waals surface area contributed by atoms with Crippen LogP contribution >= 0.6 is 24.0 Å². The fraction of sp³-hybridized carbons (Fsp3) is 0.474. The van der Waals surface area contributed by atoms with Crippen molar-refractivity contribution in [3.63, 3.8) is 0 Å². The molecule has 148 valence electrons. The third-order valence-corrected chi connectivity index (χ3v) is 4.40.